The predicted molar refractivity (Wildman–Crippen MR) is 151 cm³/mol. The number of nitrogens with one attached hydrogen (secondary N) is 1. The van der Waals surface area contributed by atoms with E-state index in [-0.39, 0.29) is 18.1 Å². The van der Waals surface area contributed by atoms with E-state index in [1.807, 2.05) is 42.5 Å². The van der Waals surface area contributed by atoms with Gasteiger partial charge in [-0.15, -0.1) is 0 Å². The summed E-state index contributed by atoms with van der Waals surface area (Å²) in [7, 11) is 1.66. The molecular weight excluding hydrogens is 462 g/mol. The van der Waals surface area contributed by atoms with Crippen molar-refractivity contribution in [1.82, 2.24) is 5.43 Å². The Morgan fingerprint density at radius 1 is 1.11 bits per heavy atom. The van der Waals surface area contributed by atoms with E-state index in [0.717, 1.165) is 41.8 Å². The van der Waals surface area contributed by atoms with Crippen LogP contribution in [0.2, 0.25) is 0 Å². The SMILES string of the molecule is CCCN1c2cc(OC)c(/C=N/NC(=O)COc3ccc(-c4ccccc4)cc3)cc2C(C)CC1(C)C. The molecule has 4 rings (SSSR count). The number of hydrogen-bond acceptors (Lipinski definition) is 5. The van der Waals surface area contributed by atoms with E-state index >= 15 is 0 Å². The van der Waals surface area contributed by atoms with Crippen molar-refractivity contribution in [3.63, 3.8) is 0 Å². The molecule has 0 aliphatic carbocycles. The Morgan fingerprint density at radius 2 is 1.81 bits per heavy atom. The minimum atomic E-state index is -0.329. The number of fused-ring (bicyclic) bond motifs is 1. The number of methoxy groups -OCH3 is 1. The molecule has 3 aromatic carbocycles. The van der Waals surface area contributed by atoms with E-state index in [9.17, 15) is 4.79 Å². The Kier molecular flexibility index (Phi) is 8.17. The highest BCUT2D eigenvalue weighted by Crippen LogP contribution is 2.45. The van der Waals surface area contributed by atoms with Gasteiger partial charge in [0.2, 0.25) is 0 Å². The van der Waals surface area contributed by atoms with Crippen LogP contribution in [-0.2, 0) is 4.79 Å². The molecule has 0 radical (unpaired) electrons. The predicted octanol–water partition coefficient (Wildman–Crippen LogP) is 6.39. The van der Waals surface area contributed by atoms with Crippen molar-refractivity contribution in [2.75, 3.05) is 25.2 Å². The van der Waals surface area contributed by atoms with Gasteiger partial charge in [-0.2, -0.15) is 5.10 Å². The van der Waals surface area contributed by atoms with Crippen molar-refractivity contribution in [2.24, 2.45) is 5.10 Å². The molecule has 6 nitrogen and oxygen atoms in total. The third-order valence-electron chi connectivity index (χ3n) is 6.91. The first-order valence-corrected chi connectivity index (χ1v) is 12.9. The highest BCUT2D eigenvalue weighted by Gasteiger charge is 2.36. The smallest absolute Gasteiger partial charge is 0.277 e. The maximum Gasteiger partial charge on any atom is 0.277 e. The zero-order valence-electron chi connectivity index (χ0n) is 22.5. The van der Waals surface area contributed by atoms with E-state index in [1.54, 1.807) is 13.3 Å². The molecule has 0 bridgehead atoms. The van der Waals surface area contributed by atoms with Gasteiger partial charge in [-0.25, -0.2) is 5.43 Å². The van der Waals surface area contributed by atoms with Gasteiger partial charge in [-0.05, 0) is 67.5 Å². The zero-order valence-corrected chi connectivity index (χ0v) is 22.5. The average molecular weight is 500 g/mol. The molecule has 1 N–H and O–H groups in total. The van der Waals surface area contributed by atoms with Crippen molar-refractivity contribution >= 4 is 17.8 Å². The number of benzene rings is 3. The number of hydrazone groups is 1. The quantitative estimate of drug-likeness (QED) is 0.274. The summed E-state index contributed by atoms with van der Waals surface area (Å²) < 4.78 is 11.3. The summed E-state index contributed by atoms with van der Waals surface area (Å²) in [5.41, 5.74) is 8.21. The fourth-order valence-corrected chi connectivity index (χ4v) is 5.18. The summed E-state index contributed by atoms with van der Waals surface area (Å²) in [6.07, 6.45) is 3.79. The topological polar surface area (TPSA) is 63.2 Å². The average Bonchev–Trinajstić information content (AvgIpc) is 2.90. The lowest BCUT2D eigenvalue weighted by Gasteiger charge is -2.47. The standard InChI is InChI=1S/C31H37N3O3/c1-6-16-34-28-18-29(36-5)25(17-27(28)22(2)19-31(34,3)4)20-32-33-30(35)21-37-26-14-12-24(13-15-26)23-10-8-7-9-11-23/h7-15,17-18,20,22H,6,16,19,21H2,1-5H3,(H,33,35)/b32-20+. The van der Waals surface area contributed by atoms with Gasteiger partial charge in [0.25, 0.3) is 5.91 Å². The third kappa shape index (κ3) is 6.13. The number of amides is 1. The normalized spacial score (nSPS) is 16.4. The number of anilines is 1. The van der Waals surface area contributed by atoms with E-state index in [1.165, 1.54) is 11.3 Å². The van der Waals surface area contributed by atoms with Crippen LogP contribution in [0, 0.1) is 0 Å². The first-order valence-electron chi connectivity index (χ1n) is 12.9. The van der Waals surface area contributed by atoms with Gasteiger partial charge < -0.3 is 14.4 Å². The van der Waals surface area contributed by atoms with E-state index in [4.69, 9.17) is 9.47 Å². The minimum absolute atomic E-state index is 0.0822. The molecule has 1 unspecified atom stereocenters. The molecule has 194 valence electrons. The van der Waals surface area contributed by atoms with Gasteiger partial charge in [-0.3, -0.25) is 4.79 Å². The second-order valence-electron chi connectivity index (χ2n) is 10.2. The van der Waals surface area contributed by atoms with Crippen LogP contribution in [0.1, 0.15) is 57.6 Å². The van der Waals surface area contributed by atoms with E-state index < -0.39 is 0 Å². The fourth-order valence-electron chi connectivity index (χ4n) is 5.18. The van der Waals surface area contributed by atoms with Crippen LogP contribution >= 0.6 is 0 Å². The molecule has 3 aromatic rings. The maximum absolute atomic E-state index is 12.3. The summed E-state index contributed by atoms with van der Waals surface area (Å²) in [5.74, 6) is 1.44. The Morgan fingerprint density at radius 3 is 2.49 bits per heavy atom. The van der Waals surface area contributed by atoms with Crippen molar-refractivity contribution in [1.29, 1.82) is 0 Å². The van der Waals surface area contributed by atoms with Gasteiger partial charge in [0.15, 0.2) is 6.61 Å². The van der Waals surface area contributed by atoms with Crippen molar-refractivity contribution in [3.05, 3.63) is 77.9 Å². The Hall–Kier alpha value is -3.80. The largest absolute Gasteiger partial charge is 0.496 e. The number of carbonyl (C=O) groups excluding carboxylic acids is 1. The third-order valence-corrected chi connectivity index (χ3v) is 6.91. The van der Waals surface area contributed by atoms with Crippen LogP contribution in [0.4, 0.5) is 5.69 Å². The van der Waals surface area contributed by atoms with Gasteiger partial charge in [0, 0.05) is 29.4 Å². The summed E-state index contributed by atoms with van der Waals surface area (Å²) in [4.78, 5) is 14.8. The van der Waals surface area contributed by atoms with Crippen molar-refractivity contribution < 1.29 is 14.3 Å². The number of ether oxygens (including phenoxy) is 2. The summed E-state index contributed by atoms with van der Waals surface area (Å²) >= 11 is 0. The molecule has 1 aliphatic heterocycles. The van der Waals surface area contributed by atoms with Crippen LogP contribution in [-0.4, -0.2) is 37.9 Å². The molecular formula is C31H37N3O3. The monoisotopic (exact) mass is 499 g/mol. The molecule has 1 amide bonds. The van der Waals surface area contributed by atoms with Gasteiger partial charge in [0.1, 0.15) is 11.5 Å². The number of rotatable bonds is 9. The van der Waals surface area contributed by atoms with Crippen LogP contribution in [0.3, 0.4) is 0 Å². The van der Waals surface area contributed by atoms with E-state index in [0.29, 0.717) is 11.7 Å². The second-order valence-corrected chi connectivity index (χ2v) is 10.2. The lowest BCUT2D eigenvalue weighted by Crippen LogP contribution is -2.48. The maximum atomic E-state index is 12.3. The molecule has 0 saturated heterocycles. The zero-order chi connectivity index (χ0) is 26.4. The van der Waals surface area contributed by atoms with Crippen molar-refractivity contribution in [3.8, 4) is 22.6 Å². The molecule has 1 atom stereocenters. The second kappa shape index (κ2) is 11.5. The van der Waals surface area contributed by atoms with Gasteiger partial charge in [-0.1, -0.05) is 56.3 Å². The highest BCUT2D eigenvalue weighted by atomic mass is 16.5. The minimum Gasteiger partial charge on any atom is -0.496 e. The Bertz CT molecular complexity index is 1240. The van der Waals surface area contributed by atoms with Gasteiger partial charge in [0.05, 0.1) is 13.3 Å². The lowest BCUT2D eigenvalue weighted by molar-refractivity contribution is -0.123. The molecule has 0 saturated carbocycles. The Labute approximate surface area is 220 Å². The van der Waals surface area contributed by atoms with Crippen LogP contribution < -0.4 is 19.8 Å². The highest BCUT2D eigenvalue weighted by molar-refractivity contribution is 5.87. The van der Waals surface area contributed by atoms with Crippen LogP contribution in [0.15, 0.2) is 71.8 Å². The van der Waals surface area contributed by atoms with Crippen molar-refractivity contribution in [2.45, 2.75) is 52.0 Å². The lowest BCUT2D eigenvalue weighted by atomic mass is 9.79. The van der Waals surface area contributed by atoms with E-state index in [2.05, 4.69) is 67.4 Å². The first kappa shape index (κ1) is 26.3. The summed E-state index contributed by atoms with van der Waals surface area (Å²) in [6.45, 7) is 9.95. The molecule has 0 aromatic heterocycles. The molecule has 6 heteroatoms. The van der Waals surface area contributed by atoms with Crippen LogP contribution in [0.5, 0.6) is 11.5 Å². The Balaban J connectivity index is 1.39. The summed E-state index contributed by atoms with van der Waals surface area (Å²) in [5, 5.41) is 4.18. The first-order chi connectivity index (χ1) is 17.8. The molecule has 0 spiro atoms. The van der Waals surface area contributed by atoms with Gasteiger partial charge >= 0.3 is 0 Å². The fraction of sp³-hybridized carbons (Fsp3) is 0.355. The number of hydrogen-bond donors (Lipinski definition) is 1. The van der Waals surface area contributed by atoms with Crippen LogP contribution in [0.25, 0.3) is 11.1 Å². The number of carbonyl (C=O) groups is 1. The molecule has 1 heterocycles. The molecule has 0 fully saturated rings. The number of nitrogens with zero attached hydrogens (tertiary/aromatic N) is 2. The molecule has 37 heavy (non-hydrogen) atoms. The summed E-state index contributed by atoms with van der Waals surface area (Å²) in [6, 6.07) is 22.0. The molecule has 1 aliphatic rings.